The Morgan fingerprint density at radius 3 is 3.11 bits per heavy atom. The molecule has 0 aliphatic rings. The maximum Gasteiger partial charge on any atom is 0.374 e. The number of esters is 1. The van der Waals surface area contributed by atoms with Gasteiger partial charge in [0.15, 0.2) is 0 Å². The molecule has 0 aromatic heterocycles. The molecule has 0 aromatic rings. The third-order valence-corrected chi connectivity index (χ3v) is 0.541. The lowest BCUT2D eigenvalue weighted by Gasteiger charge is -1.94. The molecule has 9 heavy (non-hydrogen) atoms. The fourth-order valence-corrected chi connectivity index (χ4v) is 0.184. The van der Waals surface area contributed by atoms with E-state index >= 15 is 0 Å². The molecular weight excluding hydrogens is 120 g/mol. The second-order valence-corrected chi connectivity index (χ2v) is 1.29. The van der Waals surface area contributed by atoms with Crippen LogP contribution in [0.3, 0.4) is 0 Å². The quantitative estimate of drug-likeness (QED) is 0.313. The van der Waals surface area contributed by atoms with Crippen LogP contribution in [0.25, 0.3) is 0 Å². The average Bonchev–Trinajstić information content (AvgIpc) is 1.87. The van der Waals surface area contributed by atoms with Gasteiger partial charge in [-0.2, -0.15) is 0 Å². The fraction of sp³-hybridized carbons (Fsp3) is 0.333. The van der Waals surface area contributed by atoms with Gasteiger partial charge < -0.3 is 4.74 Å². The van der Waals surface area contributed by atoms with Crippen molar-refractivity contribution in [1.29, 1.82) is 0 Å². The smallest absolute Gasteiger partial charge is 0.374 e. The highest BCUT2D eigenvalue weighted by molar-refractivity contribution is 6.32. The molecule has 0 aliphatic heterocycles. The van der Waals surface area contributed by atoms with Crippen molar-refractivity contribution in [1.82, 2.24) is 0 Å². The van der Waals surface area contributed by atoms with E-state index in [4.69, 9.17) is 2.74 Å². The summed E-state index contributed by atoms with van der Waals surface area (Å²) in [5, 5.41) is 0. The maximum atomic E-state index is 10.4. The fourth-order valence-electron chi connectivity index (χ4n) is 0.184. The summed E-state index contributed by atoms with van der Waals surface area (Å²) in [5.41, 5.74) is 0. The highest BCUT2D eigenvalue weighted by Crippen LogP contribution is 1.79. The van der Waals surface area contributed by atoms with E-state index in [1.165, 1.54) is 0 Å². The number of carbonyl (C=O) groups excluding carboxylic acids is 2. The molecule has 50 valence electrons. The lowest BCUT2D eigenvalue weighted by atomic mass is 10.5. The molecule has 0 heterocycles. The molecule has 0 aliphatic carbocycles. The second-order valence-electron chi connectivity index (χ2n) is 1.29. The van der Waals surface area contributed by atoms with E-state index in [0.29, 0.717) is 0 Å². The average molecular weight is 130 g/mol. The Kier molecular flexibility index (Phi) is 2.01. The van der Waals surface area contributed by atoms with Gasteiger partial charge >= 0.3 is 5.97 Å². The maximum absolute atomic E-state index is 10.4. The van der Waals surface area contributed by atoms with E-state index in [1.807, 2.05) is 0 Å². The molecule has 0 amide bonds. The van der Waals surface area contributed by atoms with Crippen LogP contribution in [-0.4, -0.2) is 18.3 Å². The van der Waals surface area contributed by atoms with Crippen LogP contribution >= 0.6 is 0 Å². The Morgan fingerprint density at radius 2 is 2.67 bits per heavy atom. The van der Waals surface area contributed by atoms with Gasteiger partial charge in [-0.15, -0.1) is 0 Å². The summed E-state index contributed by atoms with van der Waals surface area (Å²) in [6.07, 6.45) is 1.03. The van der Waals surface area contributed by atoms with Crippen molar-refractivity contribution in [2.24, 2.45) is 0 Å². The number of ketones is 1. The van der Waals surface area contributed by atoms with Crippen LogP contribution in [-0.2, 0) is 14.3 Å². The number of ether oxygens (including phenoxy) is 1. The zero-order chi connectivity index (χ0) is 8.85. The minimum absolute atomic E-state index is 0.749. The molecule has 0 radical (unpaired) electrons. The van der Waals surface area contributed by atoms with Gasteiger partial charge in [-0.05, 0) is 0 Å². The first kappa shape index (κ1) is 4.73. The highest BCUT2D eigenvalue weighted by atomic mass is 16.5. The molecule has 0 bridgehead atoms. The second kappa shape index (κ2) is 3.83. The van der Waals surface area contributed by atoms with Gasteiger partial charge in [-0.25, -0.2) is 4.79 Å². The Balaban J connectivity index is 3.85. The molecule has 0 fully saturated rings. The minimum Gasteiger partial charge on any atom is -0.456 e. The van der Waals surface area contributed by atoms with Crippen LogP contribution in [0.4, 0.5) is 0 Å². The number of carbonyl (C=O) groups is 2. The normalized spacial score (nSPS) is 16.1. The molecule has 3 heteroatoms. The Morgan fingerprint density at radius 1 is 2.00 bits per heavy atom. The summed E-state index contributed by atoms with van der Waals surface area (Å²) in [4.78, 5) is 20.7. The number of hydrogen-bond acceptors (Lipinski definition) is 3. The predicted octanol–water partition coefficient (Wildman–Crippen LogP) is 0.305. The first-order valence-corrected chi connectivity index (χ1v) is 2.26. The van der Waals surface area contributed by atoms with Crippen LogP contribution in [0.5, 0.6) is 0 Å². The number of rotatable bonds is 3. The van der Waals surface area contributed by atoms with Crippen molar-refractivity contribution in [3.63, 3.8) is 0 Å². The van der Waals surface area contributed by atoms with Gasteiger partial charge in [0.2, 0.25) is 5.78 Å². The molecule has 1 unspecified atom stereocenters. The SMILES string of the molecule is [2H]C=CC([2H])OC(=O)C(C)=O. The van der Waals surface area contributed by atoms with Crippen molar-refractivity contribution in [2.75, 3.05) is 6.58 Å². The number of hydrogen-bond donors (Lipinski definition) is 0. The van der Waals surface area contributed by atoms with E-state index in [0.717, 1.165) is 19.6 Å². The lowest BCUT2D eigenvalue weighted by Crippen LogP contribution is -2.13. The Labute approximate surface area is 56.1 Å². The molecule has 0 aromatic carbocycles. The predicted molar refractivity (Wildman–Crippen MR) is 31.8 cm³/mol. The molecule has 0 saturated heterocycles. The summed E-state index contributed by atoms with van der Waals surface area (Å²) in [6.45, 7) is 0.619. The van der Waals surface area contributed by atoms with Crippen LogP contribution in [0.15, 0.2) is 12.6 Å². The monoisotopic (exact) mass is 130 g/mol. The van der Waals surface area contributed by atoms with Crippen LogP contribution in [0.1, 0.15) is 9.67 Å². The van der Waals surface area contributed by atoms with E-state index in [9.17, 15) is 9.59 Å². The molecule has 0 spiro atoms. The lowest BCUT2D eigenvalue weighted by molar-refractivity contribution is -0.151. The third kappa shape index (κ3) is 3.46. The van der Waals surface area contributed by atoms with E-state index < -0.39 is 18.3 Å². The van der Waals surface area contributed by atoms with E-state index in [1.54, 1.807) is 0 Å². The van der Waals surface area contributed by atoms with Crippen molar-refractivity contribution in [2.45, 2.75) is 6.92 Å². The Hall–Kier alpha value is -1.12. The van der Waals surface area contributed by atoms with Gasteiger partial charge in [0.05, 0.1) is 2.74 Å². The van der Waals surface area contributed by atoms with Crippen molar-refractivity contribution in [3.05, 3.63) is 12.6 Å². The summed E-state index contributed by atoms with van der Waals surface area (Å²) in [6, 6.07) is 0. The number of Topliss-reactive ketones (excluding diaryl/α,β-unsaturated/α-hetero) is 1. The van der Waals surface area contributed by atoms with Crippen LogP contribution in [0.2, 0.25) is 0 Å². The first-order valence-electron chi connectivity index (χ1n) is 3.42. The minimum atomic E-state index is -1.26. The standard InChI is InChI=1S/C6H8O3/c1-3-4-9-6(8)5(2)7/h3H,1,4H2,2H3/i1D,4D. The Bertz CT molecular complexity index is 188. The largest absolute Gasteiger partial charge is 0.456 e. The first-order chi connectivity index (χ1) is 5.07. The van der Waals surface area contributed by atoms with Crippen molar-refractivity contribution >= 4 is 11.8 Å². The molecule has 1 atom stereocenters. The summed E-state index contributed by atoms with van der Waals surface area (Å²) >= 11 is 0. The van der Waals surface area contributed by atoms with Crippen LogP contribution in [0, 0.1) is 0 Å². The van der Waals surface area contributed by atoms with Gasteiger partial charge in [0.25, 0.3) is 0 Å². The molecule has 0 N–H and O–H groups in total. The topological polar surface area (TPSA) is 43.4 Å². The summed E-state index contributed by atoms with van der Waals surface area (Å²) in [7, 11) is 0. The molecule has 3 nitrogen and oxygen atoms in total. The van der Waals surface area contributed by atoms with E-state index in [-0.39, 0.29) is 0 Å². The van der Waals surface area contributed by atoms with Gasteiger partial charge in [-0.3, -0.25) is 4.79 Å². The van der Waals surface area contributed by atoms with Gasteiger partial charge in [0.1, 0.15) is 6.58 Å². The summed E-state index contributed by atoms with van der Waals surface area (Å²) < 4.78 is 17.6. The zero-order valence-electron chi connectivity index (χ0n) is 6.96. The zero-order valence-corrected chi connectivity index (χ0v) is 4.96. The molecular formula is C6H8O3. The van der Waals surface area contributed by atoms with Crippen LogP contribution < -0.4 is 0 Å². The molecule has 0 saturated carbocycles. The van der Waals surface area contributed by atoms with Crippen molar-refractivity contribution in [3.8, 4) is 0 Å². The van der Waals surface area contributed by atoms with Gasteiger partial charge in [-0.1, -0.05) is 12.6 Å². The third-order valence-electron chi connectivity index (χ3n) is 0.541. The molecule has 0 rings (SSSR count). The van der Waals surface area contributed by atoms with Gasteiger partial charge in [0, 0.05) is 6.92 Å². The van der Waals surface area contributed by atoms with Crippen molar-refractivity contribution < 1.29 is 17.1 Å². The highest BCUT2D eigenvalue weighted by Gasteiger charge is 2.05. The summed E-state index contributed by atoms with van der Waals surface area (Å²) in [5.74, 6) is -1.80. The van der Waals surface area contributed by atoms with E-state index in [2.05, 4.69) is 4.74 Å².